The molecule has 5 N–H and O–H groups in total. The number of unbranched alkanes of at least 4 members (excludes halogenated alkanes) is 1. The van der Waals surface area contributed by atoms with Gasteiger partial charge in [0.05, 0.1) is 0 Å². The van der Waals surface area contributed by atoms with Crippen molar-refractivity contribution in [1.29, 1.82) is 0 Å². The predicted molar refractivity (Wildman–Crippen MR) is 98.7 cm³/mol. The molecule has 0 aromatic heterocycles. The number of rotatable bonds is 11. The van der Waals surface area contributed by atoms with E-state index in [1.54, 1.807) is 0 Å². The number of hydrogen-bond acceptors (Lipinski definition) is 5. The van der Waals surface area contributed by atoms with Gasteiger partial charge in [-0.15, -0.1) is 0 Å². The lowest BCUT2D eigenvalue weighted by Crippen LogP contribution is -2.50. The number of aliphatic carboxylic acids is 2. The van der Waals surface area contributed by atoms with Crippen molar-refractivity contribution in [3.63, 3.8) is 0 Å². The van der Waals surface area contributed by atoms with Crippen LogP contribution in [-0.4, -0.2) is 52.9 Å². The fraction of sp³-hybridized carbons (Fsp3) is 0.444. The molecule has 0 aliphatic carbocycles. The van der Waals surface area contributed by atoms with Crippen molar-refractivity contribution >= 4 is 24.1 Å². The molecular formula is C18H25N3O7. The van der Waals surface area contributed by atoms with Gasteiger partial charge in [-0.05, 0) is 31.7 Å². The number of carbonyl (C=O) groups is 4. The van der Waals surface area contributed by atoms with E-state index in [0.29, 0.717) is 19.4 Å². The van der Waals surface area contributed by atoms with E-state index in [9.17, 15) is 19.2 Å². The Labute approximate surface area is 162 Å². The summed E-state index contributed by atoms with van der Waals surface area (Å²) in [5, 5.41) is 24.8. The summed E-state index contributed by atoms with van der Waals surface area (Å²) in [5.74, 6) is -2.46. The molecule has 0 aliphatic heterocycles. The molecule has 10 heteroatoms. The molecule has 10 nitrogen and oxygen atoms in total. The summed E-state index contributed by atoms with van der Waals surface area (Å²) in [6.45, 7) is 1.71. The second kappa shape index (κ2) is 12.2. The number of benzene rings is 1. The van der Waals surface area contributed by atoms with Crippen LogP contribution in [-0.2, 0) is 20.9 Å². The van der Waals surface area contributed by atoms with Gasteiger partial charge >= 0.3 is 24.1 Å². The van der Waals surface area contributed by atoms with Crippen LogP contribution in [0.2, 0.25) is 0 Å². The first-order chi connectivity index (χ1) is 13.3. The molecule has 2 atom stereocenters. The van der Waals surface area contributed by atoms with Gasteiger partial charge in [-0.3, -0.25) is 4.79 Å². The standard InChI is InChI=1S/C18H25N3O7/c1-12(15(22)23)20-17(26)21-14(16(24)25)9-5-6-10-19-18(27)28-11-13-7-3-2-4-8-13/h2-4,7-8,12,14H,5-6,9-11H2,1H3,(H,19,27)(H,22,23)(H,24,25)(H2,20,21,26)/t12-,14-/m0/s1. The predicted octanol–water partition coefficient (Wildman–Crippen LogP) is 1.31. The zero-order valence-electron chi connectivity index (χ0n) is 15.5. The van der Waals surface area contributed by atoms with Crippen LogP contribution in [0.1, 0.15) is 31.7 Å². The zero-order chi connectivity index (χ0) is 20.9. The highest BCUT2D eigenvalue weighted by molar-refractivity contribution is 5.85. The Morgan fingerprint density at radius 1 is 1.00 bits per heavy atom. The SMILES string of the molecule is C[C@H](NC(=O)N[C@@H](CCCCNC(=O)OCc1ccccc1)C(=O)O)C(=O)O. The fourth-order valence-corrected chi connectivity index (χ4v) is 2.15. The summed E-state index contributed by atoms with van der Waals surface area (Å²) in [5.41, 5.74) is 0.864. The minimum Gasteiger partial charge on any atom is -0.480 e. The molecule has 0 bridgehead atoms. The second-order valence-electron chi connectivity index (χ2n) is 6.05. The van der Waals surface area contributed by atoms with Crippen LogP contribution < -0.4 is 16.0 Å². The van der Waals surface area contributed by atoms with Crippen molar-refractivity contribution in [2.75, 3.05) is 6.54 Å². The summed E-state index contributed by atoms with van der Waals surface area (Å²) in [4.78, 5) is 45.1. The molecule has 1 aromatic rings. The topological polar surface area (TPSA) is 154 Å². The van der Waals surface area contributed by atoms with Crippen LogP contribution >= 0.6 is 0 Å². The monoisotopic (exact) mass is 395 g/mol. The van der Waals surface area contributed by atoms with E-state index in [-0.39, 0.29) is 13.0 Å². The highest BCUT2D eigenvalue weighted by Gasteiger charge is 2.21. The Bertz CT molecular complexity index is 666. The Balaban J connectivity index is 2.22. The van der Waals surface area contributed by atoms with Gasteiger partial charge in [0.25, 0.3) is 0 Å². The Kier molecular flexibility index (Phi) is 9.87. The smallest absolute Gasteiger partial charge is 0.407 e. The number of amides is 3. The highest BCUT2D eigenvalue weighted by atomic mass is 16.5. The van der Waals surface area contributed by atoms with Crippen LogP contribution in [0.15, 0.2) is 30.3 Å². The lowest BCUT2D eigenvalue weighted by atomic mass is 10.1. The largest absolute Gasteiger partial charge is 0.480 e. The summed E-state index contributed by atoms with van der Waals surface area (Å²) >= 11 is 0. The first-order valence-corrected chi connectivity index (χ1v) is 8.76. The van der Waals surface area contributed by atoms with E-state index >= 15 is 0 Å². The molecule has 1 aromatic carbocycles. The Morgan fingerprint density at radius 2 is 1.68 bits per heavy atom. The average Bonchev–Trinajstić information content (AvgIpc) is 2.65. The molecule has 0 aliphatic rings. The van der Waals surface area contributed by atoms with Gasteiger partial charge in [0.2, 0.25) is 0 Å². The van der Waals surface area contributed by atoms with E-state index in [1.807, 2.05) is 30.3 Å². The third-order valence-corrected chi connectivity index (χ3v) is 3.72. The van der Waals surface area contributed by atoms with Crippen molar-refractivity contribution in [2.24, 2.45) is 0 Å². The van der Waals surface area contributed by atoms with E-state index in [2.05, 4.69) is 16.0 Å². The number of carboxylic acids is 2. The fourth-order valence-electron chi connectivity index (χ4n) is 2.15. The molecule has 1 rings (SSSR count). The van der Waals surface area contributed by atoms with Gasteiger partial charge in [-0.1, -0.05) is 30.3 Å². The van der Waals surface area contributed by atoms with Crippen LogP contribution in [0.5, 0.6) is 0 Å². The summed E-state index contributed by atoms with van der Waals surface area (Å²) < 4.78 is 5.05. The number of carbonyl (C=O) groups excluding carboxylic acids is 2. The van der Waals surface area contributed by atoms with E-state index in [0.717, 1.165) is 5.56 Å². The normalized spacial score (nSPS) is 12.3. The van der Waals surface area contributed by atoms with Crippen molar-refractivity contribution in [3.8, 4) is 0 Å². The number of ether oxygens (including phenoxy) is 1. The van der Waals surface area contributed by atoms with Crippen LogP contribution in [0.3, 0.4) is 0 Å². The Morgan fingerprint density at radius 3 is 2.29 bits per heavy atom. The van der Waals surface area contributed by atoms with Crippen molar-refractivity contribution in [3.05, 3.63) is 35.9 Å². The Hall–Kier alpha value is -3.30. The maximum atomic E-state index is 11.6. The molecule has 154 valence electrons. The maximum Gasteiger partial charge on any atom is 0.407 e. The first-order valence-electron chi connectivity index (χ1n) is 8.76. The lowest BCUT2D eigenvalue weighted by molar-refractivity contribution is -0.139. The molecule has 28 heavy (non-hydrogen) atoms. The number of alkyl carbamates (subject to hydrolysis) is 1. The van der Waals surface area contributed by atoms with Gasteiger partial charge in [0.1, 0.15) is 18.7 Å². The number of hydrogen-bond donors (Lipinski definition) is 5. The quantitative estimate of drug-likeness (QED) is 0.354. The maximum absolute atomic E-state index is 11.6. The van der Waals surface area contributed by atoms with Crippen LogP contribution in [0.4, 0.5) is 9.59 Å². The molecule has 0 unspecified atom stereocenters. The van der Waals surface area contributed by atoms with Gasteiger partial charge < -0.3 is 30.9 Å². The zero-order valence-corrected chi connectivity index (χ0v) is 15.5. The third-order valence-electron chi connectivity index (χ3n) is 3.72. The first kappa shape index (κ1) is 22.7. The van der Waals surface area contributed by atoms with Crippen molar-refractivity contribution < 1.29 is 34.1 Å². The molecule has 0 radical (unpaired) electrons. The average molecular weight is 395 g/mol. The van der Waals surface area contributed by atoms with Gasteiger partial charge in [-0.25, -0.2) is 14.4 Å². The number of urea groups is 1. The van der Waals surface area contributed by atoms with Gasteiger partial charge in [-0.2, -0.15) is 0 Å². The summed E-state index contributed by atoms with van der Waals surface area (Å²) in [7, 11) is 0. The summed E-state index contributed by atoms with van der Waals surface area (Å²) in [6.07, 6.45) is 0.466. The van der Waals surface area contributed by atoms with Gasteiger partial charge in [0, 0.05) is 6.54 Å². The molecule has 0 heterocycles. The third kappa shape index (κ3) is 9.41. The highest BCUT2D eigenvalue weighted by Crippen LogP contribution is 2.03. The van der Waals surface area contributed by atoms with Crippen molar-refractivity contribution in [1.82, 2.24) is 16.0 Å². The molecule has 0 saturated heterocycles. The molecule has 3 amide bonds. The van der Waals surface area contributed by atoms with Crippen LogP contribution in [0.25, 0.3) is 0 Å². The second-order valence-corrected chi connectivity index (χ2v) is 6.05. The number of carboxylic acid groups (broad SMARTS) is 2. The minimum atomic E-state index is -1.23. The summed E-state index contributed by atoms with van der Waals surface area (Å²) in [6, 6.07) is 6.04. The van der Waals surface area contributed by atoms with E-state index in [4.69, 9.17) is 14.9 Å². The molecular weight excluding hydrogens is 370 g/mol. The van der Waals surface area contributed by atoms with E-state index in [1.165, 1.54) is 6.92 Å². The number of nitrogens with one attached hydrogen (secondary N) is 3. The van der Waals surface area contributed by atoms with E-state index < -0.39 is 36.1 Å². The molecule has 0 spiro atoms. The lowest BCUT2D eigenvalue weighted by Gasteiger charge is -2.16. The van der Waals surface area contributed by atoms with Gasteiger partial charge in [0.15, 0.2) is 0 Å². The minimum absolute atomic E-state index is 0.130. The van der Waals surface area contributed by atoms with Crippen LogP contribution in [0, 0.1) is 0 Å². The molecule has 0 saturated carbocycles. The molecule has 0 fully saturated rings. The van der Waals surface area contributed by atoms with Crippen molar-refractivity contribution in [2.45, 2.75) is 44.9 Å².